The van der Waals surface area contributed by atoms with Gasteiger partial charge in [-0.3, -0.25) is 4.79 Å². The largest absolute Gasteiger partial charge is 0.504 e. The van der Waals surface area contributed by atoms with Gasteiger partial charge in [-0.25, -0.2) is 9.80 Å². The summed E-state index contributed by atoms with van der Waals surface area (Å²) in [5.74, 6) is -0.978. The Bertz CT molecular complexity index is 1150. The number of rotatable bonds is 6. The van der Waals surface area contributed by atoms with E-state index in [1.165, 1.54) is 30.5 Å². The molecule has 0 bridgehead atoms. The lowest BCUT2D eigenvalue weighted by Gasteiger charge is -2.19. The molecule has 2 aromatic carbocycles. The molecule has 1 amide bonds. The maximum Gasteiger partial charge on any atom is 0.342 e. The standard InChI is InChI=1S/C24H22N2O6/c1-15-8-10-16(11-9-15)18-13-19(20-7-4-12-31-20)26(25-18)22(27)14-32-24(29)17-5-3-6-21(30-2)23(17)28/h3-12,19,28H,13-14H2,1-2H3. The van der Waals surface area contributed by atoms with Crippen LogP contribution in [-0.4, -0.2) is 41.4 Å². The van der Waals surface area contributed by atoms with Gasteiger partial charge in [0.05, 0.1) is 19.1 Å². The number of nitrogens with zero attached hydrogens (tertiary/aromatic N) is 2. The zero-order valence-corrected chi connectivity index (χ0v) is 17.6. The second-order valence-electron chi connectivity index (χ2n) is 7.32. The van der Waals surface area contributed by atoms with Gasteiger partial charge in [0, 0.05) is 6.42 Å². The molecule has 3 aromatic rings. The van der Waals surface area contributed by atoms with Crippen LogP contribution in [0, 0.1) is 6.92 Å². The van der Waals surface area contributed by atoms with Gasteiger partial charge in [-0.05, 0) is 36.8 Å². The average molecular weight is 434 g/mol. The lowest BCUT2D eigenvalue weighted by atomic mass is 10.0. The predicted octanol–water partition coefficient (Wildman–Crippen LogP) is 3.84. The normalized spacial score (nSPS) is 15.4. The number of hydrogen-bond donors (Lipinski definition) is 1. The number of aromatic hydroxyl groups is 1. The molecule has 0 radical (unpaired) electrons. The van der Waals surface area contributed by atoms with Crippen molar-refractivity contribution in [3.63, 3.8) is 0 Å². The SMILES string of the molecule is COc1cccc(C(=O)OCC(=O)N2N=C(c3ccc(C)cc3)CC2c2ccco2)c1O. The Labute approximate surface area is 184 Å². The first-order valence-electron chi connectivity index (χ1n) is 10.0. The maximum absolute atomic E-state index is 12.9. The van der Waals surface area contributed by atoms with Crippen LogP contribution >= 0.6 is 0 Å². The number of aryl methyl sites for hydroxylation is 1. The van der Waals surface area contributed by atoms with Gasteiger partial charge in [-0.2, -0.15) is 5.10 Å². The number of benzene rings is 2. The summed E-state index contributed by atoms with van der Waals surface area (Å²) in [5, 5.41) is 15.9. The van der Waals surface area contributed by atoms with Gasteiger partial charge in [0.2, 0.25) is 0 Å². The Morgan fingerprint density at radius 2 is 1.94 bits per heavy atom. The fraction of sp³-hybridized carbons (Fsp3) is 0.208. The Morgan fingerprint density at radius 1 is 1.16 bits per heavy atom. The number of hydrazone groups is 1. The molecular weight excluding hydrogens is 412 g/mol. The van der Waals surface area contributed by atoms with Gasteiger partial charge < -0.3 is 19.0 Å². The number of amides is 1. The highest BCUT2D eigenvalue weighted by atomic mass is 16.5. The Balaban J connectivity index is 1.52. The Kier molecular flexibility index (Phi) is 5.93. The van der Waals surface area contributed by atoms with E-state index in [0.717, 1.165) is 16.8 Å². The summed E-state index contributed by atoms with van der Waals surface area (Å²) in [5.41, 5.74) is 2.66. The minimum absolute atomic E-state index is 0.0926. The van der Waals surface area contributed by atoms with Crippen LogP contribution in [0.25, 0.3) is 0 Å². The van der Waals surface area contributed by atoms with Gasteiger partial charge in [0.25, 0.3) is 5.91 Å². The smallest absolute Gasteiger partial charge is 0.342 e. The third-order valence-corrected chi connectivity index (χ3v) is 5.19. The fourth-order valence-electron chi connectivity index (χ4n) is 3.49. The van der Waals surface area contributed by atoms with Crippen LogP contribution in [-0.2, 0) is 9.53 Å². The van der Waals surface area contributed by atoms with Crippen LogP contribution in [0.5, 0.6) is 11.5 Å². The molecule has 1 aliphatic rings. The van der Waals surface area contributed by atoms with Crippen LogP contribution in [0.2, 0.25) is 0 Å². The zero-order chi connectivity index (χ0) is 22.7. The molecule has 0 saturated heterocycles. The highest BCUT2D eigenvalue weighted by Gasteiger charge is 2.35. The molecule has 2 heterocycles. The lowest BCUT2D eigenvalue weighted by Crippen LogP contribution is -2.31. The van der Waals surface area contributed by atoms with Crippen LogP contribution in [0.3, 0.4) is 0 Å². The van der Waals surface area contributed by atoms with E-state index in [0.29, 0.717) is 12.2 Å². The van der Waals surface area contributed by atoms with Crippen LogP contribution < -0.4 is 4.74 Å². The van der Waals surface area contributed by atoms with Gasteiger partial charge in [-0.1, -0.05) is 35.9 Å². The molecule has 0 aliphatic carbocycles. The molecule has 1 atom stereocenters. The molecule has 164 valence electrons. The van der Waals surface area contributed by atoms with E-state index in [4.69, 9.17) is 13.9 Å². The minimum atomic E-state index is -0.841. The van der Waals surface area contributed by atoms with E-state index in [9.17, 15) is 14.7 Å². The number of phenols is 1. The molecule has 0 fully saturated rings. The van der Waals surface area contributed by atoms with E-state index < -0.39 is 24.5 Å². The monoisotopic (exact) mass is 434 g/mol. The second kappa shape index (κ2) is 8.97. The number of hydrogen-bond acceptors (Lipinski definition) is 7. The summed E-state index contributed by atoms with van der Waals surface area (Å²) in [7, 11) is 1.37. The lowest BCUT2D eigenvalue weighted by molar-refractivity contribution is -0.136. The van der Waals surface area contributed by atoms with Crippen molar-refractivity contribution in [2.75, 3.05) is 13.7 Å². The molecular formula is C24H22N2O6. The molecule has 4 rings (SSSR count). The number of furan rings is 1. The van der Waals surface area contributed by atoms with Crippen molar-refractivity contribution in [3.05, 3.63) is 83.3 Å². The van der Waals surface area contributed by atoms with Gasteiger partial charge >= 0.3 is 5.97 Å². The van der Waals surface area contributed by atoms with Crippen molar-refractivity contribution >= 4 is 17.6 Å². The molecule has 8 nitrogen and oxygen atoms in total. The molecule has 1 unspecified atom stereocenters. The number of phenolic OH excluding ortho intramolecular Hbond substituents is 1. The highest BCUT2D eigenvalue weighted by Crippen LogP contribution is 2.33. The minimum Gasteiger partial charge on any atom is -0.504 e. The molecule has 8 heteroatoms. The molecule has 1 N–H and O–H groups in total. The third kappa shape index (κ3) is 4.20. The Hall–Kier alpha value is -4.07. The summed E-state index contributed by atoms with van der Waals surface area (Å²) in [4.78, 5) is 25.4. The molecule has 0 spiro atoms. The van der Waals surface area contributed by atoms with E-state index in [-0.39, 0.29) is 17.1 Å². The third-order valence-electron chi connectivity index (χ3n) is 5.19. The van der Waals surface area contributed by atoms with E-state index in [1.807, 2.05) is 31.2 Å². The quantitative estimate of drug-likeness (QED) is 0.592. The highest BCUT2D eigenvalue weighted by molar-refractivity contribution is 6.03. The summed E-state index contributed by atoms with van der Waals surface area (Å²) in [6, 6.07) is 15.4. The zero-order valence-electron chi connectivity index (χ0n) is 17.6. The second-order valence-corrected chi connectivity index (χ2v) is 7.32. The van der Waals surface area contributed by atoms with Gasteiger partial charge in [-0.15, -0.1) is 0 Å². The first-order chi connectivity index (χ1) is 15.5. The van der Waals surface area contributed by atoms with Gasteiger partial charge in [0.1, 0.15) is 17.4 Å². The van der Waals surface area contributed by atoms with Crippen LogP contribution in [0.1, 0.15) is 39.7 Å². The molecule has 1 aliphatic heterocycles. The topological polar surface area (TPSA) is 102 Å². The van der Waals surface area contributed by atoms with Gasteiger partial charge in [0.15, 0.2) is 18.1 Å². The average Bonchev–Trinajstić information content (AvgIpc) is 3.48. The maximum atomic E-state index is 12.9. The van der Waals surface area contributed by atoms with Crippen molar-refractivity contribution < 1.29 is 28.6 Å². The van der Waals surface area contributed by atoms with E-state index in [2.05, 4.69) is 5.10 Å². The van der Waals surface area contributed by atoms with Crippen molar-refractivity contribution in [1.82, 2.24) is 5.01 Å². The van der Waals surface area contributed by atoms with Crippen LogP contribution in [0.15, 0.2) is 70.4 Å². The van der Waals surface area contributed by atoms with Crippen molar-refractivity contribution in [3.8, 4) is 11.5 Å². The van der Waals surface area contributed by atoms with Crippen molar-refractivity contribution in [2.45, 2.75) is 19.4 Å². The summed E-state index contributed by atoms with van der Waals surface area (Å²) >= 11 is 0. The van der Waals surface area contributed by atoms with Crippen molar-refractivity contribution in [2.24, 2.45) is 5.10 Å². The molecule has 32 heavy (non-hydrogen) atoms. The number of carbonyl (C=O) groups is 2. The Morgan fingerprint density at radius 3 is 2.62 bits per heavy atom. The predicted molar refractivity (Wildman–Crippen MR) is 116 cm³/mol. The number of carbonyl (C=O) groups excluding carboxylic acids is 2. The van der Waals surface area contributed by atoms with E-state index in [1.54, 1.807) is 18.2 Å². The molecule has 0 saturated carbocycles. The summed E-state index contributed by atoms with van der Waals surface area (Å²) in [6.07, 6.45) is 2.00. The number of methoxy groups -OCH3 is 1. The first kappa shape index (κ1) is 21.2. The number of para-hydroxylation sites is 1. The summed E-state index contributed by atoms with van der Waals surface area (Å²) < 4.78 is 15.7. The van der Waals surface area contributed by atoms with Crippen LogP contribution in [0.4, 0.5) is 0 Å². The first-order valence-corrected chi connectivity index (χ1v) is 10.0. The number of esters is 1. The molecule has 1 aromatic heterocycles. The summed E-state index contributed by atoms with van der Waals surface area (Å²) in [6.45, 7) is 1.45. The fourth-order valence-corrected chi connectivity index (χ4v) is 3.49. The van der Waals surface area contributed by atoms with E-state index >= 15 is 0 Å². The number of ether oxygens (including phenoxy) is 2. The van der Waals surface area contributed by atoms with Crippen molar-refractivity contribution in [1.29, 1.82) is 0 Å².